The number of aryl methyl sites for hydroxylation is 1. The van der Waals surface area contributed by atoms with Gasteiger partial charge in [0.15, 0.2) is 6.61 Å². The van der Waals surface area contributed by atoms with Crippen LogP contribution in [0, 0.1) is 6.92 Å². The average molecular weight is 383 g/mol. The molecular formula is C22H29N3O3. The van der Waals surface area contributed by atoms with Crippen molar-refractivity contribution in [2.75, 3.05) is 38.1 Å². The smallest absolute Gasteiger partial charge is 0.262 e. The Hall–Kier alpha value is -2.86. The van der Waals surface area contributed by atoms with Crippen molar-refractivity contribution in [2.24, 2.45) is 0 Å². The van der Waals surface area contributed by atoms with Gasteiger partial charge in [0.05, 0.1) is 0 Å². The van der Waals surface area contributed by atoms with Crippen molar-refractivity contribution in [1.82, 2.24) is 10.2 Å². The Kier molecular flexibility index (Phi) is 8.49. The van der Waals surface area contributed by atoms with Crippen molar-refractivity contribution in [3.8, 4) is 5.75 Å². The lowest BCUT2D eigenvalue weighted by Crippen LogP contribution is -2.34. The van der Waals surface area contributed by atoms with E-state index in [1.807, 2.05) is 31.2 Å². The van der Waals surface area contributed by atoms with E-state index in [0.29, 0.717) is 23.5 Å². The Morgan fingerprint density at radius 1 is 0.964 bits per heavy atom. The molecule has 0 unspecified atom stereocenters. The summed E-state index contributed by atoms with van der Waals surface area (Å²) < 4.78 is 5.46. The quantitative estimate of drug-likeness (QED) is 0.661. The minimum Gasteiger partial charge on any atom is -0.484 e. The second-order valence-corrected chi connectivity index (χ2v) is 6.51. The number of nitrogens with zero attached hydrogens (tertiary/aromatic N) is 1. The molecule has 0 aromatic heterocycles. The number of rotatable bonds is 10. The Bertz CT molecular complexity index is 754. The number of carbonyl (C=O) groups excluding carboxylic acids is 2. The van der Waals surface area contributed by atoms with Crippen molar-refractivity contribution < 1.29 is 14.3 Å². The van der Waals surface area contributed by atoms with Crippen LogP contribution in [0.3, 0.4) is 0 Å². The SMILES string of the molecule is CCN(CC)CCNC(=O)c1ccc(NC(=O)COc2ccc(C)cc2)cc1. The normalized spacial score (nSPS) is 10.6. The van der Waals surface area contributed by atoms with Crippen LogP contribution in [0.15, 0.2) is 48.5 Å². The maximum absolute atomic E-state index is 12.2. The molecular weight excluding hydrogens is 354 g/mol. The number of nitrogens with one attached hydrogen (secondary N) is 2. The topological polar surface area (TPSA) is 70.7 Å². The van der Waals surface area contributed by atoms with E-state index < -0.39 is 0 Å². The summed E-state index contributed by atoms with van der Waals surface area (Å²) >= 11 is 0. The second kappa shape index (κ2) is 11.1. The summed E-state index contributed by atoms with van der Waals surface area (Å²) in [6, 6.07) is 14.3. The molecule has 0 radical (unpaired) electrons. The van der Waals surface area contributed by atoms with Crippen LogP contribution in [0.4, 0.5) is 5.69 Å². The lowest BCUT2D eigenvalue weighted by atomic mass is 10.2. The van der Waals surface area contributed by atoms with Crippen LogP contribution in [0.1, 0.15) is 29.8 Å². The number of anilines is 1. The Labute approximate surface area is 166 Å². The fourth-order valence-corrected chi connectivity index (χ4v) is 2.65. The molecule has 0 aliphatic rings. The van der Waals surface area contributed by atoms with Gasteiger partial charge >= 0.3 is 0 Å². The van der Waals surface area contributed by atoms with E-state index in [1.165, 1.54) is 0 Å². The number of ether oxygens (including phenoxy) is 1. The predicted molar refractivity (Wildman–Crippen MR) is 112 cm³/mol. The molecule has 0 atom stereocenters. The van der Waals surface area contributed by atoms with Crippen LogP contribution in [0.5, 0.6) is 5.75 Å². The highest BCUT2D eigenvalue weighted by Gasteiger charge is 2.08. The van der Waals surface area contributed by atoms with Gasteiger partial charge in [0.1, 0.15) is 5.75 Å². The number of hydrogen-bond acceptors (Lipinski definition) is 4. The molecule has 0 spiro atoms. The first-order valence-electron chi connectivity index (χ1n) is 9.61. The Morgan fingerprint density at radius 2 is 1.61 bits per heavy atom. The molecule has 6 heteroatoms. The van der Waals surface area contributed by atoms with Crippen molar-refractivity contribution in [1.29, 1.82) is 0 Å². The van der Waals surface area contributed by atoms with Gasteiger partial charge in [-0.05, 0) is 56.4 Å². The van der Waals surface area contributed by atoms with Gasteiger partial charge in [-0.3, -0.25) is 9.59 Å². The fraction of sp³-hybridized carbons (Fsp3) is 0.364. The molecule has 0 fully saturated rings. The van der Waals surface area contributed by atoms with Gasteiger partial charge in [0.2, 0.25) is 0 Å². The lowest BCUT2D eigenvalue weighted by Gasteiger charge is -2.18. The third-order valence-corrected chi connectivity index (χ3v) is 4.43. The summed E-state index contributed by atoms with van der Waals surface area (Å²) in [5.41, 5.74) is 2.32. The summed E-state index contributed by atoms with van der Waals surface area (Å²) in [6.45, 7) is 9.49. The van der Waals surface area contributed by atoms with Crippen LogP contribution < -0.4 is 15.4 Å². The van der Waals surface area contributed by atoms with Gasteiger partial charge < -0.3 is 20.3 Å². The Balaban J connectivity index is 1.77. The summed E-state index contributed by atoms with van der Waals surface area (Å²) in [5, 5.41) is 5.67. The molecule has 0 heterocycles. The molecule has 2 N–H and O–H groups in total. The summed E-state index contributed by atoms with van der Waals surface area (Å²) in [7, 11) is 0. The van der Waals surface area contributed by atoms with Crippen LogP contribution >= 0.6 is 0 Å². The molecule has 2 rings (SSSR count). The van der Waals surface area contributed by atoms with Gasteiger partial charge in [-0.15, -0.1) is 0 Å². The maximum atomic E-state index is 12.2. The van der Waals surface area contributed by atoms with Gasteiger partial charge in [0, 0.05) is 24.3 Å². The number of likely N-dealkylation sites (N-methyl/N-ethyl adjacent to an activating group) is 1. The molecule has 0 bridgehead atoms. The first kappa shape index (κ1) is 21.4. The average Bonchev–Trinajstić information content (AvgIpc) is 2.71. The van der Waals surface area contributed by atoms with E-state index in [1.54, 1.807) is 24.3 Å². The van der Waals surface area contributed by atoms with Crippen LogP contribution in [-0.4, -0.2) is 49.5 Å². The monoisotopic (exact) mass is 383 g/mol. The highest BCUT2D eigenvalue weighted by molar-refractivity contribution is 5.96. The molecule has 2 aromatic carbocycles. The molecule has 2 amide bonds. The maximum Gasteiger partial charge on any atom is 0.262 e. The van der Waals surface area contributed by atoms with Gasteiger partial charge in [-0.2, -0.15) is 0 Å². The van der Waals surface area contributed by atoms with Crippen molar-refractivity contribution in [2.45, 2.75) is 20.8 Å². The number of amides is 2. The van der Waals surface area contributed by atoms with Gasteiger partial charge in [-0.1, -0.05) is 31.5 Å². The highest BCUT2D eigenvalue weighted by atomic mass is 16.5. The van der Waals surface area contributed by atoms with Crippen LogP contribution in [0.25, 0.3) is 0 Å². The summed E-state index contributed by atoms with van der Waals surface area (Å²) in [4.78, 5) is 26.4. The zero-order valence-corrected chi connectivity index (χ0v) is 16.8. The second-order valence-electron chi connectivity index (χ2n) is 6.51. The largest absolute Gasteiger partial charge is 0.484 e. The molecule has 28 heavy (non-hydrogen) atoms. The summed E-state index contributed by atoms with van der Waals surface area (Å²) in [6.07, 6.45) is 0. The first-order chi connectivity index (χ1) is 13.5. The van der Waals surface area contributed by atoms with E-state index in [4.69, 9.17) is 4.74 Å². The molecule has 2 aromatic rings. The van der Waals surface area contributed by atoms with Gasteiger partial charge in [0.25, 0.3) is 11.8 Å². The Morgan fingerprint density at radius 3 is 2.21 bits per heavy atom. The van der Waals surface area contributed by atoms with Crippen molar-refractivity contribution in [3.63, 3.8) is 0 Å². The minimum absolute atomic E-state index is 0.0728. The van der Waals surface area contributed by atoms with E-state index in [2.05, 4.69) is 29.4 Å². The third-order valence-electron chi connectivity index (χ3n) is 4.43. The third kappa shape index (κ3) is 7.04. The van der Waals surface area contributed by atoms with E-state index in [9.17, 15) is 9.59 Å². The zero-order chi connectivity index (χ0) is 20.4. The number of hydrogen-bond donors (Lipinski definition) is 2. The highest BCUT2D eigenvalue weighted by Crippen LogP contribution is 2.12. The standard InChI is InChI=1S/C22H29N3O3/c1-4-25(5-2)15-14-23-22(27)18-8-10-19(11-9-18)24-21(26)16-28-20-12-6-17(3)7-13-20/h6-13H,4-5,14-16H2,1-3H3,(H,23,27)(H,24,26). The van der Waals surface area contributed by atoms with Crippen molar-refractivity contribution >= 4 is 17.5 Å². The van der Waals surface area contributed by atoms with Crippen molar-refractivity contribution in [3.05, 3.63) is 59.7 Å². The molecule has 0 aliphatic carbocycles. The first-order valence-corrected chi connectivity index (χ1v) is 9.61. The van der Waals surface area contributed by atoms with E-state index in [-0.39, 0.29) is 18.4 Å². The number of carbonyl (C=O) groups is 2. The number of benzene rings is 2. The fourth-order valence-electron chi connectivity index (χ4n) is 2.65. The lowest BCUT2D eigenvalue weighted by molar-refractivity contribution is -0.118. The van der Waals surface area contributed by atoms with E-state index >= 15 is 0 Å². The predicted octanol–water partition coefficient (Wildman–Crippen LogP) is 3.08. The van der Waals surface area contributed by atoms with Gasteiger partial charge in [-0.25, -0.2) is 0 Å². The van der Waals surface area contributed by atoms with Crippen LogP contribution in [-0.2, 0) is 4.79 Å². The molecule has 0 saturated heterocycles. The molecule has 0 aliphatic heterocycles. The molecule has 150 valence electrons. The molecule has 0 saturated carbocycles. The molecule has 6 nitrogen and oxygen atoms in total. The summed E-state index contributed by atoms with van der Waals surface area (Å²) in [5.74, 6) is 0.280. The minimum atomic E-state index is -0.253. The van der Waals surface area contributed by atoms with Crippen LogP contribution in [0.2, 0.25) is 0 Å². The van der Waals surface area contributed by atoms with E-state index in [0.717, 1.165) is 25.2 Å². The zero-order valence-electron chi connectivity index (χ0n) is 16.8.